The number of piperazine rings is 2. The number of hydrogen-bond donors (Lipinski definition) is 3. The molecule has 0 saturated carbocycles. The van der Waals surface area contributed by atoms with Crippen LogP contribution >= 0.6 is 40.0 Å². The molecule has 22 heteroatoms. The van der Waals surface area contributed by atoms with Gasteiger partial charge < -0.3 is 43.7 Å². The summed E-state index contributed by atoms with van der Waals surface area (Å²) in [5, 5.41) is 9.01. The molecule has 431 valence electrons. The van der Waals surface area contributed by atoms with Crippen molar-refractivity contribution < 1.29 is 62.4 Å². The predicted molar refractivity (Wildman–Crippen MR) is 322 cm³/mol. The molecule has 0 spiro atoms. The average molecular weight is 1380 g/mol. The zero-order chi connectivity index (χ0) is 57.2. The van der Waals surface area contributed by atoms with Crippen molar-refractivity contribution in [3.8, 4) is 22.3 Å². The van der Waals surface area contributed by atoms with E-state index in [1.54, 1.807) is 28.0 Å². The Kier molecular flexibility index (Phi) is 22.6. The molecule has 12 rings (SSSR count). The van der Waals surface area contributed by atoms with Crippen LogP contribution in [0.3, 0.4) is 0 Å². The first-order valence-corrected chi connectivity index (χ1v) is 36.5. The van der Waals surface area contributed by atoms with Gasteiger partial charge in [0, 0.05) is 103 Å². The Morgan fingerprint density at radius 1 is 0.561 bits per heavy atom. The number of rotatable bonds is 11. The van der Waals surface area contributed by atoms with E-state index in [0.29, 0.717) is 93.0 Å². The molecule has 0 bridgehead atoms. The van der Waals surface area contributed by atoms with Gasteiger partial charge in [0.25, 0.3) is 5.91 Å². The number of aromatic carboxylic acids is 1. The van der Waals surface area contributed by atoms with E-state index in [1.165, 1.54) is 63.3 Å². The van der Waals surface area contributed by atoms with Crippen LogP contribution in [-0.2, 0) is 38.1 Å². The Hall–Kier alpha value is -5.90. The maximum absolute atomic E-state index is 12.9. The van der Waals surface area contributed by atoms with Crippen LogP contribution in [0.2, 0.25) is 0 Å². The second kappa shape index (κ2) is 30.6. The Bertz CT molecular complexity index is 2980. The first kappa shape index (κ1) is 60.7. The molecule has 4 aromatic carbocycles. The minimum absolute atomic E-state index is 0.0446. The number of benzene rings is 4. The molecule has 4 aliphatic heterocycles. The van der Waals surface area contributed by atoms with Crippen LogP contribution in [-0.4, -0.2) is 140 Å². The number of ether oxygens (including phenoxy) is 4. The molecule has 3 amide bonds. The zero-order valence-electron chi connectivity index (χ0n) is 45.2. The van der Waals surface area contributed by atoms with Gasteiger partial charge >= 0.3 is 67.6 Å². The summed E-state index contributed by atoms with van der Waals surface area (Å²) in [5.74, 6) is 5.08. The predicted octanol–water partition coefficient (Wildman–Crippen LogP) is 10.4. The molecule has 6 aliphatic rings. The number of hydroxylamine groups is 1. The number of nitrogens with one attached hydrogen (secondary N) is 1. The van der Waals surface area contributed by atoms with Crippen molar-refractivity contribution in [1.29, 1.82) is 0 Å². The van der Waals surface area contributed by atoms with E-state index in [0.717, 1.165) is 44.5 Å². The summed E-state index contributed by atoms with van der Waals surface area (Å²) < 4.78 is 22.1. The number of halogens is 2. The molecule has 19 nitrogen and oxygen atoms in total. The van der Waals surface area contributed by atoms with Gasteiger partial charge in [-0.2, -0.15) is 0 Å². The number of carboxylic acid groups (broad SMARTS) is 1. The molecule has 2 aliphatic carbocycles. The summed E-state index contributed by atoms with van der Waals surface area (Å²) in [6.45, 7) is 6.68. The van der Waals surface area contributed by atoms with E-state index in [1.807, 2.05) is 59.5 Å². The van der Waals surface area contributed by atoms with E-state index < -0.39 is 12.3 Å². The molecule has 6 heterocycles. The van der Waals surface area contributed by atoms with Gasteiger partial charge in [-0.05, 0) is 94.5 Å². The summed E-state index contributed by atoms with van der Waals surface area (Å²) in [4.78, 5) is 75.2. The van der Waals surface area contributed by atoms with E-state index in [4.69, 9.17) is 34.8 Å². The van der Waals surface area contributed by atoms with Crippen molar-refractivity contribution in [2.75, 3.05) is 88.6 Å². The van der Waals surface area contributed by atoms with Gasteiger partial charge in [0.15, 0.2) is 12.6 Å². The molecule has 6 aromatic rings. The van der Waals surface area contributed by atoms with Crippen LogP contribution in [0.4, 0.5) is 21.2 Å². The third-order valence-corrected chi connectivity index (χ3v) is 15.1. The van der Waals surface area contributed by atoms with Crippen LogP contribution in [0.15, 0.2) is 134 Å². The number of hydrogen-bond acceptors (Lipinski definition) is 15. The standard InChI is InChI=1S/C30H32N4O5.C25H23N3O4.C5H11NO2.2HI.V/c35-29(32-39-28-11-5-6-18-37-28)21-12-13-27(31-19-21)33-14-16-34(17-15-33)30(36)38-20-26-24-9-3-1-7-22(24)23-8-2-4-10-25(23)26;29-24(30)17-9-10-23(26-15-17)27-11-13-28(14-12-27)25(31)32-16-22-20-7-3-1-5-18(20)19-6-2-4-8-21(19)22;6-8-5-3-1-2-4-7-5;;;/h1-4,7-10,12-13,19,26,28H,5-6,11,14-18,20H2,(H,32,35);1-10,15,22H,11-14,16H2,(H,29,30);5H,1-4,6H2;2*1H;/q;;;;;+2/p-2. The fraction of sp³-hybridized carbons (Fsp3) is 0.367. The Balaban J connectivity index is 0.000000169. The normalized spacial score (nSPS) is 18.0. The molecular weight excluding hydrogens is 1310 g/mol. The van der Waals surface area contributed by atoms with Gasteiger partial charge in [-0.3, -0.25) is 9.63 Å². The molecule has 82 heavy (non-hydrogen) atoms. The van der Waals surface area contributed by atoms with Crippen molar-refractivity contribution in [3.63, 3.8) is 0 Å². The van der Waals surface area contributed by atoms with E-state index in [-0.39, 0.29) is 41.8 Å². The first-order chi connectivity index (χ1) is 40.1. The summed E-state index contributed by atoms with van der Waals surface area (Å²) in [6.07, 6.45) is 7.80. The number of nitrogens with zero attached hydrogens (tertiary/aromatic N) is 6. The average Bonchev–Trinajstić information content (AvgIpc) is 4.18. The van der Waals surface area contributed by atoms with Gasteiger partial charge in [-0.25, -0.2) is 40.6 Å². The van der Waals surface area contributed by atoms with Crippen LogP contribution in [0.5, 0.6) is 0 Å². The summed E-state index contributed by atoms with van der Waals surface area (Å²) >= 11 is 4.74. The van der Waals surface area contributed by atoms with Crippen molar-refractivity contribution in [1.82, 2.24) is 25.2 Å². The zero-order valence-corrected chi connectivity index (χ0v) is 50.9. The Morgan fingerprint density at radius 2 is 0.951 bits per heavy atom. The Labute approximate surface area is 506 Å². The number of pyridine rings is 2. The van der Waals surface area contributed by atoms with Crippen molar-refractivity contribution >= 4 is 75.7 Å². The molecule has 2 unspecified atom stereocenters. The van der Waals surface area contributed by atoms with Crippen molar-refractivity contribution in [2.24, 2.45) is 5.90 Å². The summed E-state index contributed by atoms with van der Waals surface area (Å²) in [5.41, 5.74) is 12.7. The molecule has 2 atom stereocenters. The number of anilines is 2. The van der Waals surface area contributed by atoms with E-state index in [9.17, 15) is 19.2 Å². The number of aromatic nitrogens is 2. The van der Waals surface area contributed by atoms with Gasteiger partial charge in [0.2, 0.25) is 0 Å². The van der Waals surface area contributed by atoms with Crippen molar-refractivity contribution in [3.05, 3.63) is 167 Å². The molecular formula is C60H66I2N8O11V. The van der Waals surface area contributed by atoms with E-state index >= 15 is 0 Å². The monoisotopic (exact) mass is 1380 g/mol. The van der Waals surface area contributed by atoms with Crippen LogP contribution in [0, 0.1) is 0 Å². The van der Waals surface area contributed by atoms with Crippen LogP contribution in [0.1, 0.15) is 93.3 Å². The number of carbonyl (C=O) groups is 4. The number of nitrogens with two attached hydrogens (primary N) is 1. The third kappa shape index (κ3) is 15.6. The van der Waals surface area contributed by atoms with Crippen molar-refractivity contribution in [2.45, 2.75) is 62.9 Å². The van der Waals surface area contributed by atoms with Crippen LogP contribution in [0.25, 0.3) is 22.3 Å². The minimum atomic E-state index is -0.996. The first-order valence-electron chi connectivity index (χ1n) is 27.5. The topological polar surface area (TPSA) is 221 Å². The Morgan fingerprint density at radius 3 is 1.29 bits per heavy atom. The van der Waals surface area contributed by atoms with Gasteiger partial charge in [-0.15, -0.1) is 0 Å². The fourth-order valence-electron chi connectivity index (χ4n) is 10.8. The molecule has 4 saturated heterocycles. The van der Waals surface area contributed by atoms with Gasteiger partial charge in [-0.1, -0.05) is 97.1 Å². The summed E-state index contributed by atoms with van der Waals surface area (Å²) in [7, 11) is 0.628. The van der Waals surface area contributed by atoms with Crippen LogP contribution < -0.4 is 21.2 Å². The molecule has 4 N–H and O–H groups in total. The van der Waals surface area contributed by atoms with E-state index in [2.05, 4.69) is 114 Å². The quantitative estimate of drug-likeness (QED) is 0.0811. The second-order valence-electron chi connectivity index (χ2n) is 20.0. The fourth-order valence-corrected chi connectivity index (χ4v) is 10.8. The number of fused-ring (bicyclic) bond motifs is 6. The number of amides is 3. The SMILES string of the molecule is NOC1CCCCO1.O=C(NOC1CCCCO1)c1ccc(N2CCN(C(=O)OCC3c4ccccc4-c4ccccc43)CC2)nc1.O=C(O)c1ccc(N2CCN(C(=O)OCC3c4ccccc4-c4ccccc43)CC2)nc1.[I][V][I]. The third-order valence-electron chi connectivity index (χ3n) is 15.1. The van der Waals surface area contributed by atoms with Gasteiger partial charge in [0.1, 0.15) is 24.8 Å². The number of carbonyl (C=O) groups excluding carboxylic acids is 3. The molecule has 4 fully saturated rings. The van der Waals surface area contributed by atoms with Gasteiger partial charge in [0.05, 0.1) is 11.1 Å². The molecule has 2 aromatic heterocycles. The second-order valence-corrected chi connectivity index (χ2v) is 31.8. The maximum atomic E-state index is 12.9. The number of carboxylic acids is 1. The summed E-state index contributed by atoms with van der Waals surface area (Å²) in [6, 6.07) is 40.0. The molecule has 0 radical (unpaired) electrons.